The first-order valence-corrected chi connectivity index (χ1v) is 9.08. The van der Waals surface area contributed by atoms with Gasteiger partial charge in [-0.15, -0.1) is 0 Å². The third-order valence-corrected chi connectivity index (χ3v) is 4.66. The van der Waals surface area contributed by atoms with Crippen LogP contribution < -0.4 is 5.48 Å². The summed E-state index contributed by atoms with van der Waals surface area (Å²) < 4.78 is 0. The van der Waals surface area contributed by atoms with Gasteiger partial charge >= 0.3 is 0 Å². The zero-order chi connectivity index (χ0) is 19.9. The van der Waals surface area contributed by atoms with Crippen molar-refractivity contribution in [2.75, 3.05) is 6.54 Å². The minimum absolute atomic E-state index is 0.0310. The van der Waals surface area contributed by atoms with Crippen molar-refractivity contribution >= 4 is 28.8 Å². The largest absolute Gasteiger partial charge is 0.361 e. The van der Waals surface area contributed by atoms with Crippen LogP contribution in [0.3, 0.4) is 0 Å². The monoisotopic (exact) mass is 377 g/mol. The highest BCUT2D eigenvalue weighted by molar-refractivity contribution is 5.90. The van der Waals surface area contributed by atoms with Crippen LogP contribution in [0.25, 0.3) is 17.0 Å². The number of benzene rings is 2. The molecule has 6 nitrogen and oxygen atoms in total. The highest BCUT2D eigenvalue weighted by Crippen LogP contribution is 2.19. The van der Waals surface area contributed by atoms with E-state index in [1.54, 1.807) is 18.5 Å². The molecule has 3 rings (SSSR count). The number of H-pyrrole nitrogens is 1. The molecule has 2 amide bonds. The van der Waals surface area contributed by atoms with E-state index in [4.69, 9.17) is 5.21 Å². The van der Waals surface area contributed by atoms with Gasteiger partial charge in [0.25, 0.3) is 5.91 Å². The molecule has 1 heterocycles. The van der Waals surface area contributed by atoms with Crippen molar-refractivity contribution in [3.63, 3.8) is 0 Å². The smallest absolute Gasteiger partial charge is 0.267 e. The predicted molar refractivity (Wildman–Crippen MR) is 108 cm³/mol. The van der Waals surface area contributed by atoms with Crippen LogP contribution >= 0.6 is 0 Å². The Morgan fingerprint density at radius 2 is 1.89 bits per heavy atom. The Morgan fingerprint density at radius 3 is 2.61 bits per heavy atom. The van der Waals surface area contributed by atoms with Gasteiger partial charge in [-0.2, -0.15) is 0 Å². The lowest BCUT2D eigenvalue weighted by Crippen LogP contribution is -2.30. The Balaban J connectivity index is 1.64. The molecule has 6 heteroatoms. The zero-order valence-electron chi connectivity index (χ0n) is 15.7. The van der Waals surface area contributed by atoms with E-state index in [0.717, 1.165) is 23.1 Å². The summed E-state index contributed by atoms with van der Waals surface area (Å²) in [7, 11) is 0. The van der Waals surface area contributed by atoms with Crippen molar-refractivity contribution in [2.24, 2.45) is 0 Å². The molecule has 144 valence electrons. The van der Waals surface area contributed by atoms with Crippen molar-refractivity contribution < 1.29 is 14.8 Å². The van der Waals surface area contributed by atoms with Crippen LogP contribution in [0.4, 0.5) is 0 Å². The summed E-state index contributed by atoms with van der Waals surface area (Å²) in [6.07, 6.45) is 5.64. The number of nitrogens with one attached hydrogen (secondary N) is 2. The summed E-state index contributed by atoms with van der Waals surface area (Å²) >= 11 is 0. The number of hydrogen-bond donors (Lipinski definition) is 3. The second-order valence-electron chi connectivity index (χ2n) is 6.60. The molecule has 0 fully saturated rings. The Bertz CT molecular complexity index is 990. The molecule has 0 atom stereocenters. The molecule has 0 aliphatic heterocycles. The summed E-state index contributed by atoms with van der Waals surface area (Å²) in [5.74, 6) is -0.549. The zero-order valence-corrected chi connectivity index (χ0v) is 15.7. The van der Waals surface area contributed by atoms with Crippen LogP contribution in [0.5, 0.6) is 0 Å². The molecule has 3 aromatic rings. The normalized spacial score (nSPS) is 11.1. The van der Waals surface area contributed by atoms with E-state index in [-0.39, 0.29) is 5.91 Å². The minimum atomic E-state index is -0.580. The molecule has 0 aliphatic rings. The van der Waals surface area contributed by atoms with Gasteiger partial charge in [0.2, 0.25) is 5.91 Å². The Hall–Kier alpha value is -3.38. The summed E-state index contributed by atoms with van der Waals surface area (Å²) in [5.41, 5.74) is 5.70. The molecular weight excluding hydrogens is 354 g/mol. The van der Waals surface area contributed by atoms with Gasteiger partial charge in [-0.05, 0) is 35.3 Å². The average Bonchev–Trinajstić information content (AvgIpc) is 3.13. The van der Waals surface area contributed by atoms with Gasteiger partial charge in [0.05, 0.1) is 0 Å². The van der Waals surface area contributed by atoms with Crippen molar-refractivity contribution in [1.29, 1.82) is 0 Å². The molecule has 0 saturated heterocycles. The van der Waals surface area contributed by atoms with E-state index in [2.05, 4.69) is 11.1 Å². The fraction of sp³-hybridized carbons (Fsp3) is 0.182. The van der Waals surface area contributed by atoms with Crippen LogP contribution in [0.2, 0.25) is 0 Å². The number of hydroxylamine groups is 1. The first-order chi connectivity index (χ1) is 13.6. The lowest BCUT2D eigenvalue weighted by molar-refractivity contribution is -0.129. The molecule has 0 saturated carbocycles. The summed E-state index contributed by atoms with van der Waals surface area (Å²) in [5, 5.41) is 9.68. The third kappa shape index (κ3) is 4.86. The molecule has 3 N–H and O–H groups in total. The van der Waals surface area contributed by atoms with E-state index in [9.17, 15) is 9.59 Å². The third-order valence-electron chi connectivity index (χ3n) is 4.66. The molecule has 0 radical (unpaired) electrons. The van der Waals surface area contributed by atoms with Gasteiger partial charge in [-0.1, -0.05) is 42.5 Å². The number of aromatic nitrogens is 1. The SMILES string of the molecule is CC(=O)N(CCc1c[nH]c2ccccc12)Cc1ccc(C=CC(=O)NO)cc1. The van der Waals surface area contributed by atoms with Crippen LogP contribution in [0.15, 0.2) is 60.8 Å². The van der Waals surface area contributed by atoms with Crippen molar-refractivity contribution in [2.45, 2.75) is 19.9 Å². The van der Waals surface area contributed by atoms with E-state index in [1.165, 1.54) is 17.0 Å². The Labute approximate surface area is 163 Å². The summed E-state index contributed by atoms with van der Waals surface area (Å²) in [4.78, 5) is 28.2. The molecule has 0 bridgehead atoms. The number of para-hydroxylation sites is 1. The number of hydrogen-bond acceptors (Lipinski definition) is 3. The fourth-order valence-electron chi connectivity index (χ4n) is 3.11. The summed E-state index contributed by atoms with van der Waals surface area (Å²) in [6.45, 7) is 2.74. The van der Waals surface area contributed by atoms with Gasteiger partial charge < -0.3 is 9.88 Å². The van der Waals surface area contributed by atoms with Gasteiger partial charge in [-0.25, -0.2) is 5.48 Å². The second kappa shape index (κ2) is 9.01. The average molecular weight is 377 g/mol. The van der Waals surface area contributed by atoms with E-state index in [1.807, 2.05) is 53.6 Å². The van der Waals surface area contributed by atoms with E-state index in [0.29, 0.717) is 13.1 Å². The maximum absolute atomic E-state index is 12.1. The quantitative estimate of drug-likeness (QED) is 0.336. The molecule has 0 spiro atoms. The maximum atomic E-state index is 12.1. The van der Waals surface area contributed by atoms with Crippen molar-refractivity contribution in [3.8, 4) is 0 Å². The molecule has 2 aromatic carbocycles. The van der Waals surface area contributed by atoms with Crippen LogP contribution in [-0.4, -0.2) is 33.5 Å². The standard InChI is InChI=1S/C22H23N3O3/c1-16(26)25(13-12-19-14-23-21-5-3-2-4-20(19)21)15-18-8-6-17(7-9-18)10-11-22(27)24-28/h2-11,14,23,28H,12-13,15H2,1H3,(H,24,27). The number of aromatic amines is 1. The highest BCUT2D eigenvalue weighted by atomic mass is 16.5. The number of nitrogens with zero attached hydrogens (tertiary/aromatic N) is 1. The first-order valence-electron chi connectivity index (χ1n) is 9.08. The molecule has 0 aliphatic carbocycles. The highest BCUT2D eigenvalue weighted by Gasteiger charge is 2.11. The predicted octanol–water partition coefficient (Wildman–Crippen LogP) is 3.28. The van der Waals surface area contributed by atoms with Gasteiger partial charge in [0.1, 0.15) is 0 Å². The Morgan fingerprint density at radius 1 is 1.14 bits per heavy atom. The van der Waals surface area contributed by atoms with Gasteiger partial charge in [-0.3, -0.25) is 14.8 Å². The molecular formula is C22H23N3O3. The molecule has 0 unspecified atom stereocenters. The lowest BCUT2D eigenvalue weighted by atomic mass is 10.1. The molecule has 28 heavy (non-hydrogen) atoms. The maximum Gasteiger partial charge on any atom is 0.267 e. The van der Waals surface area contributed by atoms with Crippen LogP contribution in [0, 0.1) is 0 Å². The number of amides is 2. The van der Waals surface area contributed by atoms with Crippen molar-refractivity contribution in [3.05, 3.63) is 77.5 Å². The minimum Gasteiger partial charge on any atom is -0.361 e. The summed E-state index contributed by atoms with van der Waals surface area (Å²) in [6, 6.07) is 15.7. The van der Waals surface area contributed by atoms with Crippen LogP contribution in [0.1, 0.15) is 23.6 Å². The number of fused-ring (bicyclic) bond motifs is 1. The Kier molecular flexibility index (Phi) is 6.24. The topological polar surface area (TPSA) is 85.4 Å². The second-order valence-corrected chi connectivity index (χ2v) is 6.60. The van der Waals surface area contributed by atoms with E-state index < -0.39 is 5.91 Å². The van der Waals surface area contributed by atoms with Crippen LogP contribution in [-0.2, 0) is 22.6 Å². The van der Waals surface area contributed by atoms with Gasteiger partial charge in [0.15, 0.2) is 0 Å². The number of carbonyl (C=O) groups is 2. The molecule has 1 aromatic heterocycles. The lowest BCUT2D eigenvalue weighted by Gasteiger charge is -2.21. The fourth-order valence-corrected chi connectivity index (χ4v) is 3.11. The number of carbonyl (C=O) groups excluding carboxylic acids is 2. The van der Waals surface area contributed by atoms with Crippen molar-refractivity contribution in [1.82, 2.24) is 15.4 Å². The first kappa shape index (κ1) is 19.4. The van der Waals surface area contributed by atoms with E-state index >= 15 is 0 Å². The number of rotatable bonds is 7. The van der Waals surface area contributed by atoms with Gasteiger partial charge in [0, 0.05) is 43.2 Å².